The first-order chi connectivity index (χ1) is 15.9. The Hall–Kier alpha value is -3.53. The largest absolute Gasteiger partial charge is 0.454 e. The van der Waals surface area contributed by atoms with E-state index < -0.39 is 23.4 Å². The van der Waals surface area contributed by atoms with Crippen LogP contribution in [0, 0.1) is 0 Å². The third-order valence-electron chi connectivity index (χ3n) is 5.71. The minimum atomic E-state index is -0.852. The second kappa shape index (κ2) is 8.43. The zero-order valence-corrected chi connectivity index (χ0v) is 18.4. The molecular formula is C23H20N2O7S. The van der Waals surface area contributed by atoms with Gasteiger partial charge in [-0.1, -0.05) is 12.1 Å². The Bertz CT molecular complexity index is 1160. The predicted octanol–water partition coefficient (Wildman–Crippen LogP) is 2.46. The molecule has 3 aliphatic rings. The van der Waals surface area contributed by atoms with Crippen molar-refractivity contribution >= 4 is 41.1 Å². The number of alkyl carbamates (subject to hydrolysis) is 1. The number of anilines is 1. The fraction of sp³-hybridized carbons (Fsp3) is 0.304. The molecule has 0 saturated carbocycles. The maximum Gasteiger partial charge on any atom is 0.414 e. The molecule has 2 aromatic rings. The number of imide groups is 1. The molecule has 170 valence electrons. The lowest BCUT2D eigenvalue weighted by Crippen LogP contribution is -2.28. The number of Topliss-reactive ketones (excluding diaryl/α,β-unsaturated/α-hetero) is 1. The summed E-state index contributed by atoms with van der Waals surface area (Å²) in [5.41, 5.74) is 2.71. The van der Waals surface area contributed by atoms with Crippen LogP contribution >= 0.6 is 11.8 Å². The summed E-state index contributed by atoms with van der Waals surface area (Å²) in [6.45, 7) is 1.91. The summed E-state index contributed by atoms with van der Waals surface area (Å²) in [6, 6.07) is 10.5. The number of thioether (sulfide) groups is 1. The smallest absolute Gasteiger partial charge is 0.414 e. The van der Waals surface area contributed by atoms with E-state index in [1.807, 2.05) is 0 Å². The number of ketones is 1. The Kier molecular flexibility index (Phi) is 5.45. The second-order valence-corrected chi connectivity index (χ2v) is 9.52. The van der Waals surface area contributed by atoms with Gasteiger partial charge in [0, 0.05) is 17.7 Å². The molecule has 0 aromatic heterocycles. The van der Waals surface area contributed by atoms with E-state index in [0.717, 1.165) is 11.1 Å². The number of hydrogen-bond acceptors (Lipinski definition) is 8. The number of amides is 3. The Morgan fingerprint density at radius 1 is 1.12 bits per heavy atom. The van der Waals surface area contributed by atoms with Gasteiger partial charge in [-0.3, -0.25) is 19.7 Å². The van der Waals surface area contributed by atoms with Crippen LogP contribution in [0.4, 0.5) is 10.5 Å². The molecule has 3 aliphatic heterocycles. The van der Waals surface area contributed by atoms with Gasteiger partial charge in [0.15, 0.2) is 23.4 Å². The van der Waals surface area contributed by atoms with Crippen LogP contribution in [0.5, 0.6) is 11.5 Å². The van der Waals surface area contributed by atoms with Gasteiger partial charge in [0.05, 0.1) is 10.5 Å². The van der Waals surface area contributed by atoms with E-state index in [0.29, 0.717) is 29.2 Å². The highest BCUT2D eigenvalue weighted by Crippen LogP contribution is 2.39. The monoisotopic (exact) mass is 468 g/mol. The molecule has 0 aliphatic carbocycles. The quantitative estimate of drug-likeness (QED) is 0.702. The van der Waals surface area contributed by atoms with Gasteiger partial charge < -0.3 is 19.5 Å². The molecule has 10 heteroatoms. The number of ether oxygens (including phenoxy) is 3. The summed E-state index contributed by atoms with van der Waals surface area (Å²) >= 11 is 1.33. The van der Waals surface area contributed by atoms with E-state index in [4.69, 9.17) is 14.2 Å². The van der Waals surface area contributed by atoms with Crippen LogP contribution in [0.2, 0.25) is 0 Å². The van der Waals surface area contributed by atoms with Gasteiger partial charge in [0.1, 0.15) is 0 Å². The molecule has 1 saturated heterocycles. The van der Waals surface area contributed by atoms with E-state index >= 15 is 0 Å². The Balaban J connectivity index is 1.28. The van der Waals surface area contributed by atoms with Crippen molar-refractivity contribution in [3.05, 3.63) is 53.1 Å². The first-order valence-electron chi connectivity index (χ1n) is 10.4. The number of nitrogens with one attached hydrogen (secondary N) is 2. The number of carbonyl (C=O) groups excluding carboxylic acids is 4. The summed E-state index contributed by atoms with van der Waals surface area (Å²) in [4.78, 5) is 48.7. The van der Waals surface area contributed by atoms with Crippen molar-refractivity contribution in [2.45, 2.75) is 36.4 Å². The highest BCUT2D eigenvalue weighted by atomic mass is 32.2. The number of rotatable bonds is 4. The van der Waals surface area contributed by atoms with Gasteiger partial charge in [-0.2, -0.15) is 0 Å². The minimum Gasteiger partial charge on any atom is -0.454 e. The first-order valence-corrected chi connectivity index (χ1v) is 11.3. The lowest BCUT2D eigenvalue weighted by molar-refractivity contribution is -0.123. The van der Waals surface area contributed by atoms with Crippen molar-refractivity contribution in [1.82, 2.24) is 5.32 Å². The van der Waals surface area contributed by atoms with Crippen LogP contribution in [0.25, 0.3) is 0 Å². The average Bonchev–Trinajstić information content (AvgIpc) is 3.34. The van der Waals surface area contributed by atoms with Crippen LogP contribution in [-0.2, 0) is 27.2 Å². The summed E-state index contributed by atoms with van der Waals surface area (Å²) in [7, 11) is 0. The average molecular weight is 468 g/mol. The van der Waals surface area contributed by atoms with Crippen LogP contribution in [-0.4, -0.2) is 47.1 Å². The zero-order chi connectivity index (χ0) is 23.1. The van der Waals surface area contributed by atoms with Crippen LogP contribution in [0.15, 0.2) is 36.4 Å². The molecule has 2 aromatic carbocycles. The third kappa shape index (κ3) is 4.25. The summed E-state index contributed by atoms with van der Waals surface area (Å²) in [6.07, 6.45) is -0.960. The molecule has 0 radical (unpaired) electrons. The highest BCUT2D eigenvalue weighted by Gasteiger charge is 2.34. The Morgan fingerprint density at radius 2 is 1.85 bits per heavy atom. The number of carbonyl (C=O) groups is 4. The van der Waals surface area contributed by atoms with E-state index in [2.05, 4.69) is 10.6 Å². The lowest BCUT2D eigenvalue weighted by Gasteiger charge is -2.16. The SMILES string of the molecule is C[C@@H]1S[C@@H](C(=O)Nc2ccc(CC3OC(=O)NC3=O)cc2)Cc2cc3c(cc2C1=O)OCO3. The van der Waals surface area contributed by atoms with Gasteiger partial charge >= 0.3 is 6.09 Å². The maximum atomic E-state index is 13.0. The van der Waals surface area contributed by atoms with Gasteiger partial charge in [-0.05, 0) is 48.7 Å². The molecule has 0 bridgehead atoms. The van der Waals surface area contributed by atoms with E-state index in [-0.39, 0.29) is 30.2 Å². The lowest BCUT2D eigenvalue weighted by atomic mass is 9.97. The second-order valence-electron chi connectivity index (χ2n) is 7.97. The standard InChI is InChI=1S/C23H20N2O7S/c1-11-20(26)15-9-17-16(30-10-31-17)7-13(15)8-19(33-11)22(28)24-14-4-2-12(3-5-14)6-18-21(27)25-23(29)32-18/h2-5,7,9,11,18-19H,6,8,10H2,1H3,(H,24,28)(H,25,27,29)/t11-,18?,19+/m0/s1. The molecule has 3 amide bonds. The van der Waals surface area contributed by atoms with E-state index in [9.17, 15) is 19.2 Å². The molecule has 1 fully saturated rings. The molecule has 33 heavy (non-hydrogen) atoms. The van der Waals surface area contributed by atoms with Crippen LogP contribution < -0.4 is 20.1 Å². The fourth-order valence-corrected chi connectivity index (χ4v) is 5.20. The number of hydrogen-bond donors (Lipinski definition) is 2. The normalized spacial score (nSPS) is 23.4. The highest BCUT2D eigenvalue weighted by molar-refractivity contribution is 8.02. The van der Waals surface area contributed by atoms with E-state index in [1.165, 1.54) is 11.8 Å². The molecule has 5 rings (SSSR count). The molecule has 1 unspecified atom stereocenters. The van der Waals surface area contributed by atoms with Crippen molar-refractivity contribution in [1.29, 1.82) is 0 Å². The van der Waals surface area contributed by atoms with Crippen molar-refractivity contribution in [3.63, 3.8) is 0 Å². The first kappa shape index (κ1) is 21.3. The van der Waals surface area contributed by atoms with Crippen molar-refractivity contribution in [2.24, 2.45) is 0 Å². The van der Waals surface area contributed by atoms with Gasteiger partial charge in [-0.15, -0.1) is 11.8 Å². The predicted molar refractivity (Wildman–Crippen MR) is 119 cm³/mol. The minimum absolute atomic E-state index is 0.0374. The van der Waals surface area contributed by atoms with Crippen molar-refractivity contribution in [2.75, 3.05) is 12.1 Å². The molecule has 3 atom stereocenters. The third-order valence-corrected chi connectivity index (χ3v) is 7.04. The Morgan fingerprint density at radius 3 is 2.55 bits per heavy atom. The van der Waals surface area contributed by atoms with Gasteiger partial charge in [0.25, 0.3) is 5.91 Å². The van der Waals surface area contributed by atoms with Gasteiger partial charge in [-0.25, -0.2) is 4.79 Å². The Labute approximate surface area is 193 Å². The number of benzene rings is 2. The zero-order valence-electron chi connectivity index (χ0n) is 17.6. The van der Waals surface area contributed by atoms with E-state index in [1.54, 1.807) is 43.3 Å². The number of cyclic esters (lactones) is 1. The molecular weight excluding hydrogens is 448 g/mol. The molecule has 9 nitrogen and oxygen atoms in total. The van der Waals surface area contributed by atoms with Gasteiger partial charge in [0.2, 0.25) is 12.7 Å². The summed E-state index contributed by atoms with van der Waals surface area (Å²) < 4.78 is 15.8. The summed E-state index contributed by atoms with van der Waals surface area (Å²) in [5, 5.41) is 4.15. The fourth-order valence-electron chi connectivity index (χ4n) is 4.00. The number of fused-ring (bicyclic) bond motifs is 2. The summed E-state index contributed by atoms with van der Waals surface area (Å²) in [5.74, 6) is 0.422. The maximum absolute atomic E-state index is 13.0. The van der Waals surface area contributed by atoms with Crippen LogP contribution in [0.3, 0.4) is 0 Å². The van der Waals surface area contributed by atoms with Crippen LogP contribution in [0.1, 0.15) is 28.4 Å². The van der Waals surface area contributed by atoms with Crippen molar-refractivity contribution in [3.8, 4) is 11.5 Å². The molecule has 3 heterocycles. The molecule has 2 N–H and O–H groups in total. The molecule has 0 spiro atoms. The topological polar surface area (TPSA) is 120 Å². The van der Waals surface area contributed by atoms with Crippen molar-refractivity contribution < 1.29 is 33.4 Å².